The molecule has 0 unspecified atom stereocenters. The normalized spacial score (nSPS) is 19.2. The highest BCUT2D eigenvalue weighted by atomic mass is 16.5. The lowest BCUT2D eigenvalue weighted by atomic mass is 10.0. The quantitative estimate of drug-likeness (QED) is 0.423. The fraction of sp³-hybridized carbons (Fsp3) is 0.391. The first-order valence-electron chi connectivity index (χ1n) is 10.5. The molecule has 166 valence electrons. The average Bonchev–Trinajstić information content (AvgIpc) is 2.81. The molecular weight excluding hydrogens is 396 g/mol. The lowest BCUT2D eigenvalue weighted by Crippen LogP contribution is -3.27. The molecule has 0 bridgehead atoms. The summed E-state index contributed by atoms with van der Waals surface area (Å²) in [4.78, 5) is 27.7. The SMILES string of the molecule is COc1ccc(NC(=O)C(=O)NC[C@@H](c2ccc(OC)cc2)[NH+]2CC[NH+](C)CC2)cc1. The van der Waals surface area contributed by atoms with Crippen LogP contribution in [0.25, 0.3) is 0 Å². The Labute approximate surface area is 183 Å². The Balaban J connectivity index is 1.63. The first-order valence-corrected chi connectivity index (χ1v) is 10.5. The van der Waals surface area contributed by atoms with Crippen LogP contribution in [0.2, 0.25) is 0 Å². The van der Waals surface area contributed by atoms with E-state index >= 15 is 0 Å². The number of amides is 2. The second-order valence-electron chi connectivity index (χ2n) is 7.83. The fourth-order valence-corrected chi connectivity index (χ4v) is 3.82. The predicted molar refractivity (Wildman–Crippen MR) is 118 cm³/mol. The molecule has 0 radical (unpaired) electrons. The highest BCUT2D eigenvalue weighted by molar-refractivity contribution is 6.39. The van der Waals surface area contributed by atoms with Gasteiger partial charge in [-0.25, -0.2) is 0 Å². The van der Waals surface area contributed by atoms with Crippen molar-refractivity contribution < 1.29 is 28.9 Å². The summed E-state index contributed by atoms with van der Waals surface area (Å²) in [6, 6.07) is 14.8. The summed E-state index contributed by atoms with van der Waals surface area (Å²) in [7, 11) is 5.41. The van der Waals surface area contributed by atoms with Crippen LogP contribution >= 0.6 is 0 Å². The zero-order valence-electron chi connectivity index (χ0n) is 18.4. The first-order chi connectivity index (χ1) is 15.0. The number of hydrogen-bond donors (Lipinski definition) is 4. The van der Waals surface area contributed by atoms with E-state index in [4.69, 9.17) is 9.47 Å². The minimum absolute atomic E-state index is 0.0664. The Morgan fingerprint density at radius 2 is 1.42 bits per heavy atom. The molecular formula is C23H32N4O4+2. The van der Waals surface area contributed by atoms with E-state index < -0.39 is 11.8 Å². The number of benzene rings is 2. The van der Waals surface area contributed by atoms with Crippen molar-refractivity contribution in [3.8, 4) is 11.5 Å². The van der Waals surface area contributed by atoms with Crippen LogP contribution in [0.3, 0.4) is 0 Å². The van der Waals surface area contributed by atoms with E-state index in [0.717, 1.165) is 37.5 Å². The van der Waals surface area contributed by atoms with E-state index in [1.54, 1.807) is 38.5 Å². The summed E-state index contributed by atoms with van der Waals surface area (Å²) in [5.74, 6) is 0.148. The number of nitrogens with one attached hydrogen (secondary N) is 4. The number of carbonyl (C=O) groups excluding carboxylic acids is 2. The number of quaternary nitrogens is 2. The van der Waals surface area contributed by atoms with Crippen LogP contribution in [0.15, 0.2) is 48.5 Å². The molecule has 0 aromatic heterocycles. The summed E-state index contributed by atoms with van der Waals surface area (Å²) in [6.07, 6.45) is 0. The standard InChI is InChI=1S/C23H30N4O4/c1-26-12-14-27(15-13-26)21(17-4-8-19(30-2)9-5-17)16-24-22(28)23(29)25-18-6-10-20(31-3)11-7-18/h4-11,21H,12-16H2,1-3H3,(H,24,28)(H,25,29)/p+2/t21-/m0/s1. The van der Waals surface area contributed by atoms with Crippen LogP contribution in [-0.4, -0.2) is 65.8 Å². The molecule has 1 aliphatic heterocycles. The Kier molecular flexibility index (Phi) is 7.86. The molecule has 1 fully saturated rings. The van der Waals surface area contributed by atoms with Gasteiger partial charge < -0.3 is 29.9 Å². The highest BCUT2D eigenvalue weighted by Crippen LogP contribution is 2.16. The van der Waals surface area contributed by atoms with Crippen molar-refractivity contribution in [1.82, 2.24) is 5.32 Å². The number of anilines is 1. The second-order valence-corrected chi connectivity index (χ2v) is 7.83. The molecule has 1 aliphatic rings. The summed E-state index contributed by atoms with van der Waals surface area (Å²) in [6.45, 7) is 4.56. The third kappa shape index (κ3) is 6.19. The first kappa shape index (κ1) is 22.6. The number of methoxy groups -OCH3 is 2. The maximum Gasteiger partial charge on any atom is 0.313 e. The molecule has 2 aromatic rings. The average molecular weight is 429 g/mol. The molecule has 0 spiro atoms. The number of carbonyl (C=O) groups is 2. The predicted octanol–water partition coefficient (Wildman–Crippen LogP) is -1.09. The van der Waals surface area contributed by atoms with Gasteiger partial charge in [0.15, 0.2) is 0 Å². The van der Waals surface area contributed by atoms with Gasteiger partial charge in [-0.3, -0.25) is 9.59 Å². The van der Waals surface area contributed by atoms with Gasteiger partial charge in [0.25, 0.3) is 0 Å². The van der Waals surface area contributed by atoms with Gasteiger partial charge in [0.05, 0.1) is 27.8 Å². The van der Waals surface area contributed by atoms with Crippen molar-refractivity contribution in [2.24, 2.45) is 0 Å². The van der Waals surface area contributed by atoms with Crippen molar-refractivity contribution in [3.63, 3.8) is 0 Å². The van der Waals surface area contributed by atoms with Crippen LogP contribution in [0.5, 0.6) is 11.5 Å². The minimum atomic E-state index is -0.684. The van der Waals surface area contributed by atoms with Crippen molar-refractivity contribution in [3.05, 3.63) is 54.1 Å². The van der Waals surface area contributed by atoms with Gasteiger partial charge in [0, 0.05) is 11.3 Å². The maximum absolute atomic E-state index is 12.5. The molecule has 0 saturated carbocycles. The largest absolute Gasteiger partial charge is 0.497 e. The Morgan fingerprint density at radius 1 is 0.871 bits per heavy atom. The Morgan fingerprint density at radius 3 is 1.97 bits per heavy atom. The molecule has 8 heteroatoms. The summed E-state index contributed by atoms with van der Waals surface area (Å²) >= 11 is 0. The molecule has 1 saturated heterocycles. The lowest BCUT2D eigenvalue weighted by Gasteiger charge is -2.33. The van der Waals surface area contributed by atoms with Crippen LogP contribution < -0.4 is 29.9 Å². The smallest absolute Gasteiger partial charge is 0.313 e. The molecule has 1 heterocycles. The van der Waals surface area contributed by atoms with Crippen molar-refractivity contribution >= 4 is 17.5 Å². The van der Waals surface area contributed by atoms with Gasteiger partial charge >= 0.3 is 11.8 Å². The van der Waals surface area contributed by atoms with Gasteiger partial charge in [0.2, 0.25) is 0 Å². The molecule has 31 heavy (non-hydrogen) atoms. The number of rotatable bonds is 7. The zero-order valence-corrected chi connectivity index (χ0v) is 18.4. The zero-order chi connectivity index (χ0) is 22.2. The van der Waals surface area contributed by atoms with Crippen LogP contribution in [0.1, 0.15) is 11.6 Å². The van der Waals surface area contributed by atoms with E-state index in [0.29, 0.717) is 18.0 Å². The van der Waals surface area contributed by atoms with Crippen molar-refractivity contribution in [2.75, 3.05) is 59.3 Å². The van der Waals surface area contributed by atoms with Gasteiger partial charge in [-0.1, -0.05) is 0 Å². The molecule has 3 rings (SSSR count). The Bertz CT molecular complexity index is 862. The molecule has 0 aliphatic carbocycles. The van der Waals surface area contributed by atoms with Crippen molar-refractivity contribution in [2.45, 2.75) is 6.04 Å². The lowest BCUT2D eigenvalue weighted by molar-refractivity contribution is -1.02. The second kappa shape index (κ2) is 10.8. The molecule has 2 amide bonds. The molecule has 4 N–H and O–H groups in total. The summed E-state index contributed by atoms with van der Waals surface area (Å²) < 4.78 is 10.4. The van der Waals surface area contributed by atoms with E-state index in [-0.39, 0.29) is 6.04 Å². The number of ether oxygens (including phenoxy) is 2. The molecule has 1 atom stereocenters. The van der Waals surface area contributed by atoms with E-state index in [2.05, 4.69) is 17.7 Å². The van der Waals surface area contributed by atoms with E-state index in [1.807, 2.05) is 24.3 Å². The number of hydrogen-bond acceptors (Lipinski definition) is 4. The topological polar surface area (TPSA) is 85.5 Å². The monoisotopic (exact) mass is 428 g/mol. The van der Waals surface area contributed by atoms with Crippen LogP contribution in [-0.2, 0) is 9.59 Å². The maximum atomic E-state index is 12.5. The number of piperazine rings is 1. The van der Waals surface area contributed by atoms with Gasteiger partial charge in [0.1, 0.15) is 43.7 Å². The summed E-state index contributed by atoms with van der Waals surface area (Å²) in [5, 5.41) is 5.45. The minimum Gasteiger partial charge on any atom is -0.497 e. The third-order valence-corrected chi connectivity index (χ3v) is 5.78. The van der Waals surface area contributed by atoms with Crippen molar-refractivity contribution in [1.29, 1.82) is 0 Å². The molecule has 2 aromatic carbocycles. The highest BCUT2D eigenvalue weighted by Gasteiger charge is 2.30. The van der Waals surface area contributed by atoms with Crippen LogP contribution in [0, 0.1) is 0 Å². The number of likely N-dealkylation sites (N-methyl/N-ethyl adjacent to an activating group) is 1. The van der Waals surface area contributed by atoms with Crippen LogP contribution in [0.4, 0.5) is 5.69 Å². The molecule has 8 nitrogen and oxygen atoms in total. The van der Waals surface area contributed by atoms with Gasteiger partial charge in [-0.2, -0.15) is 0 Å². The summed E-state index contributed by atoms with van der Waals surface area (Å²) in [5.41, 5.74) is 1.66. The van der Waals surface area contributed by atoms with E-state index in [9.17, 15) is 9.59 Å². The fourth-order valence-electron chi connectivity index (χ4n) is 3.82. The third-order valence-electron chi connectivity index (χ3n) is 5.78. The van der Waals surface area contributed by atoms with E-state index in [1.165, 1.54) is 9.80 Å². The Hall–Kier alpha value is -3.10. The van der Waals surface area contributed by atoms with Gasteiger partial charge in [-0.15, -0.1) is 0 Å². The van der Waals surface area contributed by atoms with Gasteiger partial charge in [-0.05, 0) is 48.5 Å².